The normalized spacial score (nSPS) is 19.7. The molecule has 1 N–H and O–H groups in total. The lowest BCUT2D eigenvalue weighted by Crippen LogP contribution is -2.43. The summed E-state index contributed by atoms with van der Waals surface area (Å²) in [5.74, 6) is 0.585. The second kappa shape index (κ2) is 6.02. The molecule has 0 saturated carbocycles. The Morgan fingerprint density at radius 2 is 2.16 bits per heavy atom. The fourth-order valence-corrected chi connectivity index (χ4v) is 2.48. The van der Waals surface area contributed by atoms with Crippen LogP contribution >= 0.6 is 0 Å². The third-order valence-electron chi connectivity index (χ3n) is 3.59. The number of amides is 2. The molecule has 2 rings (SSSR count). The van der Waals surface area contributed by atoms with Crippen LogP contribution in [-0.2, 0) is 16.1 Å². The van der Waals surface area contributed by atoms with Gasteiger partial charge in [-0.1, -0.05) is 13.8 Å². The molecule has 19 heavy (non-hydrogen) atoms. The van der Waals surface area contributed by atoms with Gasteiger partial charge in [-0.15, -0.1) is 0 Å². The summed E-state index contributed by atoms with van der Waals surface area (Å²) in [6, 6.07) is 3.25. The van der Waals surface area contributed by atoms with Crippen molar-refractivity contribution in [3.8, 4) is 0 Å². The zero-order valence-electron chi connectivity index (χ0n) is 11.4. The van der Waals surface area contributed by atoms with E-state index in [0.717, 1.165) is 18.6 Å². The van der Waals surface area contributed by atoms with E-state index in [1.165, 1.54) is 4.90 Å². The van der Waals surface area contributed by atoms with Crippen LogP contribution in [0.3, 0.4) is 0 Å². The highest BCUT2D eigenvalue weighted by Crippen LogP contribution is 2.20. The molecular formula is C14H20N2O3. The van der Waals surface area contributed by atoms with Crippen LogP contribution in [0.25, 0.3) is 0 Å². The predicted molar refractivity (Wildman–Crippen MR) is 70.2 cm³/mol. The molecule has 1 aliphatic rings. The number of hydrogen-bond acceptors (Lipinski definition) is 4. The van der Waals surface area contributed by atoms with E-state index in [9.17, 15) is 9.59 Å². The van der Waals surface area contributed by atoms with Crippen LogP contribution in [0, 0.1) is 0 Å². The third-order valence-corrected chi connectivity index (χ3v) is 3.59. The van der Waals surface area contributed by atoms with Crippen LogP contribution in [0.4, 0.5) is 0 Å². The van der Waals surface area contributed by atoms with Gasteiger partial charge in [0.2, 0.25) is 11.8 Å². The predicted octanol–water partition coefficient (Wildman–Crippen LogP) is 1.69. The lowest BCUT2D eigenvalue weighted by molar-refractivity contribution is -0.141. The number of nitrogens with zero attached hydrogens (tertiary/aromatic N) is 1. The fourth-order valence-electron chi connectivity index (χ4n) is 2.48. The van der Waals surface area contributed by atoms with Crippen LogP contribution in [0.15, 0.2) is 22.8 Å². The lowest BCUT2D eigenvalue weighted by atomic mass is 10.1. The van der Waals surface area contributed by atoms with Crippen LogP contribution in [-0.4, -0.2) is 28.8 Å². The van der Waals surface area contributed by atoms with E-state index < -0.39 is 6.04 Å². The quantitative estimate of drug-likeness (QED) is 0.794. The number of imide groups is 1. The molecule has 0 radical (unpaired) electrons. The standard InChI is InChI=1S/C14H20N2O3/c1-3-10(4-2)16-13(17)8-12(14(16)18)15-9-11-6-5-7-19-11/h5-7,10,12,15H,3-4,8-9H2,1-2H3. The van der Waals surface area contributed by atoms with Crippen molar-refractivity contribution in [3.05, 3.63) is 24.2 Å². The van der Waals surface area contributed by atoms with Crippen molar-refractivity contribution in [1.29, 1.82) is 0 Å². The Hall–Kier alpha value is -1.62. The molecule has 1 aromatic heterocycles. The molecule has 2 amide bonds. The van der Waals surface area contributed by atoms with Gasteiger partial charge >= 0.3 is 0 Å². The molecule has 1 atom stereocenters. The molecule has 1 fully saturated rings. The molecule has 5 heteroatoms. The summed E-state index contributed by atoms with van der Waals surface area (Å²) < 4.78 is 5.20. The second-order valence-electron chi connectivity index (χ2n) is 4.79. The van der Waals surface area contributed by atoms with Gasteiger partial charge in [-0.2, -0.15) is 0 Å². The van der Waals surface area contributed by atoms with E-state index in [1.54, 1.807) is 12.3 Å². The van der Waals surface area contributed by atoms with Crippen LogP contribution < -0.4 is 5.32 Å². The van der Waals surface area contributed by atoms with Crippen molar-refractivity contribution in [1.82, 2.24) is 10.2 Å². The number of carbonyl (C=O) groups excluding carboxylic acids is 2. The molecule has 1 saturated heterocycles. The average molecular weight is 264 g/mol. The van der Waals surface area contributed by atoms with Crippen LogP contribution in [0.5, 0.6) is 0 Å². The summed E-state index contributed by atoms with van der Waals surface area (Å²) in [5, 5.41) is 3.09. The van der Waals surface area contributed by atoms with E-state index in [2.05, 4.69) is 5.32 Å². The van der Waals surface area contributed by atoms with Crippen molar-refractivity contribution in [3.63, 3.8) is 0 Å². The van der Waals surface area contributed by atoms with Crippen molar-refractivity contribution < 1.29 is 14.0 Å². The number of rotatable bonds is 6. The van der Waals surface area contributed by atoms with Crippen molar-refractivity contribution in [2.24, 2.45) is 0 Å². The summed E-state index contributed by atoms with van der Waals surface area (Å²) in [4.78, 5) is 25.6. The van der Waals surface area contributed by atoms with Gasteiger partial charge in [-0.3, -0.25) is 19.8 Å². The molecule has 2 heterocycles. The zero-order chi connectivity index (χ0) is 13.8. The van der Waals surface area contributed by atoms with E-state index in [1.807, 2.05) is 19.9 Å². The first-order valence-electron chi connectivity index (χ1n) is 6.79. The van der Waals surface area contributed by atoms with Gasteiger partial charge in [0.05, 0.1) is 25.3 Å². The SMILES string of the molecule is CCC(CC)N1C(=O)CC(NCc2ccco2)C1=O. The van der Waals surface area contributed by atoms with E-state index in [4.69, 9.17) is 4.42 Å². The minimum atomic E-state index is -0.418. The maximum atomic E-state index is 12.2. The smallest absolute Gasteiger partial charge is 0.247 e. The number of carbonyl (C=O) groups is 2. The Morgan fingerprint density at radius 1 is 1.42 bits per heavy atom. The Bertz CT molecular complexity index is 438. The van der Waals surface area contributed by atoms with Gasteiger partial charge in [0.15, 0.2) is 0 Å². The number of hydrogen-bond donors (Lipinski definition) is 1. The highest BCUT2D eigenvalue weighted by Gasteiger charge is 2.40. The zero-order valence-corrected chi connectivity index (χ0v) is 11.4. The second-order valence-corrected chi connectivity index (χ2v) is 4.79. The Balaban J connectivity index is 1.97. The molecule has 1 aromatic rings. The van der Waals surface area contributed by atoms with Gasteiger partial charge in [-0.05, 0) is 25.0 Å². The van der Waals surface area contributed by atoms with Gasteiger partial charge in [0.25, 0.3) is 0 Å². The van der Waals surface area contributed by atoms with E-state index in [-0.39, 0.29) is 24.3 Å². The third kappa shape index (κ3) is 2.87. The first kappa shape index (κ1) is 13.8. The summed E-state index contributed by atoms with van der Waals surface area (Å²) >= 11 is 0. The van der Waals surface area contributed by atoms with Crippen molar-refractivity contribution >= 4 is 11.8 Å². The molecule has 104 valence electrons. The molecule has 0 aliphatic carbocycles. The lowest BCUT2D eigenvalue weighted by Gasteiger charge is -2.24. The van der Waals surface area contributed by atoms with Gasteiger partial charge < -0.3 is 4.42 Å². The summed E-state index contributed by atoms with van der Waals surface area (Å²) in [7, 11) is 0. The molecule has 0 spiro atoms. The summed E-state index contributed by atoms with van der Waals surface area (Å²) in [5.41, 5.74) is 0. The van der Waals surface area contributed by atoms with E-state index in [0.29, 0.717) is 6.54 Å². The Morgan fingerprint density at radius 3 is 2.74 bits per heavy atom. The molecule has 5 nitrogen and oxygen atoms in total. The highest BCUT2D eigenvalue weighted by atomic mass is 16.3. The molecular weight excluding hydrogens is 244 g/mol. The van der Waals surface area contributed by atoms with Crippen molar-refractivity contribution in [2.75, 3.05) is 0 Å². The highest BCUT2D eigenvalue weighted by molar-refractivity contribution is 6.05. The number of likely N-dealkylation sites (tertiary alicyclic amines) is 1. The minimum Gasteiger partial charge on any atom is -0.468 e. The summed E-state index contributed by atoms with van der Waals surface area (Å²) in [6.07, 6.45) is 3.45. The maximum Gasteiger partial charge on any atom is 0.247 e. The summed E-state index contributed by atoms with van der Waals surface area (Å²) in [6.45, 7) is 4.46. The monoisotopic (exact) mass is 264 g/mol. The number of nitrogens with one attached hydrogen (secondary N) is 1. The average Bonchev–Trinajstić information content (AvgIpc) is 3.00. The Labute approximate surface area is 113 Å². The van der Waals surface area contributed by atoms with Crippen molar-refractivity contribution in [2.45, 2.75) is 51.7 Å². The van der Waals surface area contributed by atoms with Gasteiger partial charge in [0, 0.05) is 6.04 Å². The first-order chi connectivity index (χ1) is 9.17. The topological polar surface area (TPSA) is 62.6 Å². The maximum absolute atomic E-state index is 12.2. The van der Waals surface area contributed by atoms with Crippen LogP contribution in [0.2, 0.25) is 0 Å². The Kier molecular flexibility index (Phi) is 4.37. The molecule has 0 aromatic carbocycles. The molecule has 1 unspecified atom stereocenters. The largest absolute Gasteiger partial charge is 0.468 e. The van der Waals surface area contributed by atoms with E-state index >= 15 is 0 Å². The fraction of sp³-hybridized carbons (Fsp3) is 0.571. The van der Waals surface area contributed by atoms with Gasteiger partial charge in [0.1, 0.15) is 5.76 Å². The first-order valence-corrected chi connectivity index (χ1v) is 6.79. The van der Waals surface area contributed by atoms with Gasteiger partial charge in [-0.25, -0.2) is 0 Å². The van der Waals surface area contributed by atoms with Crippen LogP contribution in [0.1, 0.15) is 38.9 Å². The minimum absolute atomic E-state index is 0.0235. The molecule has 1 aliphatic heterocycles. The molecule has 0 bridgehead atoms. The number of furan rings is 1.